The largest absolute Gasteiger partial charge is 0.442 e. The lowest BCUT2D eigenvalue weighted by atomic mass is 10.1. The number of hydrogen-bond acceptors (Lipinski definition) is 6. The molecule has 1 saturated heterocycles. The summed E-state index contributed by atoms with van der Waals surface area (Å²) in [6, 6.07) is 5.71. The fourth-order valence-corrected chi connectivity index (χ4v) is 3.08. The summed E-state index contributed by atoms with van der Waals surface area (Å²) in [6.45, 7) is 2.57. The van der Waals surface area contributed by atoms with Gasteiger partial charge in [0, 0.05) is 17.3 Å². The number of nitrogens with zero attached hydrogens (tertiary/aromatic N) is 4. The van der Waals surface area contributed by atoms with Crippen LogP contribution in [0.4, 0.5) is 0 Å². The van der Waals surface area contributed by atoms with Gasteiger partial charge in [-0.2, -0.15) is 0 Å². The SMILES string of the molecule is O=C(Cc1cc2nc(-c3cnco3)ccc2cn1)CN1CCCC1. The Morgan fingerprint density at radius 2 is 2.08 bits per heavy atom. The average molecular weight is 322 g/mol. The van der Waals surface area contributed by atoms with Crippen LogP contribution >= 0.6 is 0 Å². The van der Waals surface area contributed by atoms with E-state index in [9.17, 15) is 4.79 Å². The van der Waals surface area contributed by atoms with E-state index in [4.69, 9.17) is 4.42 Å². The van der Waals surface area contributed by atoms with Gasteiger partial charge in [0.15, 0.2) is 17.9 Å². The van der Waals surface area contributed by atoms with Gasteiger partial charge in [-0.3, -0.25) is 14.7 Å². The van der Waals surface area contributed by atoms with E-state index in [-0.39, 0.29) is 5.78 Å². The summed E-state index contributed by atoms with van der Waals surface area (Å²) in [7, 11) is 0. The molecule has 0 radical (unpaired) electrons. The number of carbonyl (C=O) groups excluding carboxylic acids is 1. The first kappa shape index (κ1) is 15.0. The number of Topliss-reactive ketones (excluding diaryl/α,β-unsaturated/α-hetero) is 1. The Morgan fingerprint density at radius 1 is 1.21 bits per heavy atom. The summed E-state index contributed by atoms with van der Waals surface area (Å²) >= 11 is 0. The van der Waals surface area contributed by atoms with Crippen molar-refractivity contribution in [3.63, 3.8) is 0 Å². The van der Waals surface area contributed by atoms with Crippen LogP contribution in [0.25, 0.3) is 22.4 Å². The van der Waals surface area contributed by atoms with Gasteiger partial charge in [-0.15, -0.1) is 0 Å². The van der Waals surface area contributed by atoms with Gasteiger partial charge in [-0.25, -0.2) is 9.97 Å². The second-order valence-electron chi connectivity index (χ2n) is 6.13. The second-order valence-corrected chi connectivity index (χ2v) is 6.13. The molecule has 4 rings (SSSR count). The average Bonchev–Trinajstić information content (AvgIpc) is 3.27. The Balaban J connectivity index is 1.54. The minimum Gasteiger partial charge on any atom is -0.442 e. The minimum absolute atomic E-state index is 0.204. The number of aromatic nitrogens is 3. The molecule has 0 aliphatic carbocycles. The molecule has 4 heterocycles. The highest BCUT2D eigenvalue weighted by Gasteiger charge is 2.16. The second kappa shape index (κ2) is 6.49. The predicted octanol–water partition coefficient (Wildman–Crippen LogP) is 2.49. The number of fused-ring (bicyclic) bond motifs is 1. The van der Waals surface area contributed by atoms with Crippen LogP contribution in [0.3, 0.4) is 0 Å². The van der Waals surface area contributed by atoms with Gasteiger partial charge < -0.3 is 4.42 Å². The Bertz CT molecular complexity index is 855. The van der Waals surface area contributed by atoms with E-state index < -0.39 is 0 Å². The Kier molecular flexibility index (Phi) is 4.04. The van der Waals surface area contributed by atoms with E-state index in [1.165, 1.54) is 19.2 Å². The van der Waals surface area contributed by atoms with Crippen LogP contribution in [0.2, 0.25) is 0 Å². The van der Waals surface area contributed by atoms with Gasteiger partial charge in [0.25, 0.3) is 0 Å². The van der Waals surface area contributed by atoms with Crippen LogP contribution < -0.4 is 0 Å². The molecule has 1 aliphatic heterocycles. The molecule has 6 heteroatoms. The van der Waals surface area contributed by atoms with Crippen molar-refractivity contribution >= 4 is 16.7 Å². The molecule has 24 heavy (non-hydrogen) atoms. The molecule has 122 valence electrons. The molecule has 0 atom stereocenters. The van der Waals surface area contributed by atoms with Crippen molar-refractivity contribution in [3.05, 3.63) is 42.7 Å². The van der Waals surface area contributed by atoms with Gasteiger partial charge in [0.2, 0.25) is 0 Å². The van der Waals surface area contributed by atoms with Crippen molar-refractivity contribution in [1.82, 2.24) is 19.9 Å². The summed E-state index contributed by atoms with van der Waals surface area (Å²) in [5.74, 6) is 0.829. The van der Waals surface area contributed by atoms with E-state index in [0.717, 1.165) is 35.4 Å². The molecule has 3 aromatic heterocycles. The zero-order chi connectivity index (χ0) is 16.4. The molecule has 0 spiro atoms. The highest BCUT2D eigenvalue weighted by Crippen LogP contribution is 2.20. The maximum Gasteiger partial charge on any atom is 0.181 e. The first-order valence-corrected chi connectivity index (χ1v) is 8.16. The molecule has 3 aromatic rings. The fourth-order valence-electron chi connectivity index (χ4n) is 3.08. The number of oxazole rings is 1. The molecular formula is C18H18N4O2. The van der Waals surface area contributed by atoms with Crippen LogP contribution in [0, 0.1) is 0 Å². The molecule has 0 N–H and O–H groups in total. The third-order valence-corrected chi connectivity index (χ3v) is 4.29. The lowest BCUT2D eigenvalue weighted by molar-refractivity contribution is -0.119. The lowest BCUT2D eigenvalue weighted by Crippen LogP contribution is -2.27. The highest BCUT2D eigenvalue weighted by atomic mass is 16.3. The maximum absolute atomic E-state index is 12.2. The molecule has 1 fully saturated rings. The number of likely N-dealkylation sites (tertiary alicyclic amines) is 1. The predicted molar refractivity (Wildman–Crippen MR) is 89.4 cm³/mol. The van der Waals surface area contributed by atoms with Crippen molar-refractivity contribution < 1.29 is 9.21 Å². The first-order valence-electron chi connectivity index (χ1n) is 8.16. The molecule has 0 saturated carbocycles. The monoisotopic (exact) mass is 322 g/mol. The summed E-state index contributed by atoms with van der Waals surface area (Å²) in [6.07, 6.45) is 7.52. The molecular weight excluding hydrogens is 304 g/mol. The van der Waals surface area contributed by atoms with E-state index in [0.29, 0.717) is 18.7 Å². The number of hydrogen-bond donors (Lipinski definition) is 0. The van der Waals surface area contributed by atoms with Crippen LogP contribution in [0.1, 0.15) is 18.5 Å². The standard InChI is InChI=1S/C18H18N4O2/c23-15(11-22-5-1-2-6-22)7-14-8-17-13(9-20-14)3-4-16(21-17)18-10-19-12-24-18/h3-4,8-10,12H,1-2,5-7,11H2. The summed E-state index contributed by atoms with van der Waals surface area (Å²) in [5, 5.41) is 0.939. The van der Waals surface area contributed by atoms with Gasteiger partial charge in [0.05, 0.1) is 24.7 Å². The Labute approximate surface area is 139 Å². The van der Waals surface area contributed by atoms with Gasteiger partial charge in [-0.05, 0) is 44.1 Å². The van der Waals surface area contributed by atoms with Crippen LogP contribution in [-0.4, -0.2) is 45.3 Å². The third-order valence-electron chi connectivity index (χ3n) is 4.29. The fraction of sp³-hybridized carbons (Fsp3) is 0.333. The number of ketones is 1. The van der Waals surface area contributed by atoms with Crippen LogP contribution in [0.5, 0.6) is 0 Å². The third kappa shape index (κ3) is 3.19. The molecule has 6 nitrogen and oxygen atoms in total. The van der Waals surface area contributed by atoms with E-state index in [1.54, 1.807) is 12.4 Å². The van der Waals surface area contributed by atoms with Crippen molar-refractivity contribution in [1.29, 1.82) is 0 Å². The Hall–Kier alpha value is -2.60. The molecule has 0 bridgehead atoms. The van der Waals surface area contributed by atoms with Crippen LogP contribution in [0.15, 0.2) is 41.4 Å². The van der Waals surface area contributed by atoms with Gasteiger partial charge >= 0.3 is 0 Å². The number of rotatable bonds is 5. The quantitative estimate of drug-likeness (QED) is 0.718. The number of carbonyl (C=O) groups is 1. The minimum atomic E-state index is 0.204. The Morgan fingerprint density at radius 3 is 2.88 bits per heavy atom. The smallest absolute Gasteiger partial charge is 0.181 e. The molecule has 1 aliphatic rings. The summed E-state index contributed by atoms with van der Waals surface area (Å²) in [4.78, 5) is 27.4. The topological polar surface area (TPSA) is 72.1 Å². The van der Waals surface area contributed by atoms with Crippen molar-refractivity contribution in [2.75, 3.05) is 19.6 Å². The van der Waals surface area contributed by atoms with Crippen molar-refractivity contribution in [3.8, 4) is 11.5 Å². The van der Waals surface area contributed by atoms with E-state index >= 15 is 0 Å². The lowest BCUT2D eigenvalue weighted by Gasteiger charge is -2.12. The van der Waals surface area contributed by atoms with Gasteiger partial charge in [-0.1, -0.05) is 0 Å². The molecule has 0 aromatic carbocycles. The highest BCUT2D eigenvalue weighted by molar-refractivity contribution is 5.85. The number of pyridine rings is 2. The summed E-state index contributed by atoms with van der Waals surface area (Å²) < 4.78 is 5.29. The molecule has 0 unspecified atom stereocenters. The van der Waals surface area contributed by atoms with Crippen molar-refractivity contribution in [2.45, 2.75) is 19.3 Å². The van der Waals surface area contributed by atoms with E-state index in [2.05, 4.69) is 19.9 Å². The first-order chi connectivity index (χ1) is 11.8. The molecule has 0 amide bonds. The zero-order valence-electron chi connectivity index (χ0n) is 13.3. The van der Waals surface area contributed by atoms with Gasteiger partial charge in [0.1, 0.15) is 5.69 Å². The zero-order valence-corrected chi connectivity index (χ0v) is 13.3. The van der Waals surface area contributed by atoms with E-state index in [1.807, 2.05) is 18.2 Å². The maximum atomic E-state index is 12.2. The van der Waals surface area contributed by atoms with Crippen LogP contribution in [-0.2, 0) is 11.2 Å². The normalized spacial score (nSPS) is 15.2. The van der Waals surface area contributed by atoms with Crippen molar-refractivity contribution in [2.24, 2.45) is 0 Å². The summed E-state index contributed by atoms with van der Waals surface area (Å²) in [5.41, 5.74) is 2.29.